The van der Waals surface area contributed by atoms with Crippen LogP contribution in [0.15, 0.2) is 29.2 Å². The number of carbonyl (C=O) groups is 1. The molecule has 0 aliphatic rings. The minimum Gasteiger partial charge on any atom is -0.329 e. The van der Waals surface area contributed by atoms with E-state index >= 15 is 0 Å². The second-order valence-corrected chi connectivity index (χ2v) is 6.70. The molecule has 0 spiro atoms. The Morgan fingerprint density at radius 2 is 2.04 bits per heavy atom. The highest BCUT2D eigenvalue weighted by Gasteiger charge is 2.18. The molecule has 2 aromatic rings. The van der Waals surface area contributed by atoms with Crippen LogP contribution in [-0.4, -0.2) is 10.9 Å². The van der Waals surface area contributed by atoms with Gasteiger partial charge in [0.15, 0.2) is 0 Å². The second-order valence-electron chi connectivity index (χ2n) is 6.29. The summed E-state index contributed by atoms with van der Waals surface area (Å²) in [6.07, 6.45) is 4.27. The highest BCUT2D eigenvalue weighted by Crippen LogP contribution is 2.27. The fraction of sp³-hybridized carbons (Fsp3) is 0.444. The Labute approximate surface area is 141 Å². The van der Waals surface area contributed by atoms with Crippen molar-refractivity contribution < 1.29 is 4.79 Å². The van der Waals surface area contributed by atoms with Gasteiger partial charge >= 0.3 is 0 Å². The molecule has 0 bridgehead atoms. The van der Waals surface area contributed by atoms with Gasteiger partial charge < -0.3 is 10.3 Å². The van der Waals surface area contributed by atoms with Crippen LogP contribution in [0, 0.1) is 11.8 Å². The van der Waals surface area contributed by atoms with E-state index in [-0.39, 0.29) is 17.4 Å². The lowest BCUT2D eigenvalue weighted by Crippen LogP contribution is -2.23. The number of aromatic amines is 1. The monoisotopic (exact) mass is 334 g/mol. The van der Waals surface area contributed by atoms with E-state index in [0.717, 1.165) is 24.6 Å². The molecule has 5 heteroatoms. The minimum absolute atomic E-state index is 0.0146. The Morgan fingerprint density at radius 1 is 1.30 bits per heavy atom. The molecule has 0 fully saturated rings. The highest BCUT2D eigenvalue weighted by atomic mass is 35.5. The van der Waals surface area contributed by atoms with Crippen molar-refractivity contribution in [1.29, 1.82) is 0 Å². The molecule has 0 saturated carbocycles. The van der Waals surface area contributed by atoms with Crippen LogP contribution in [0.5, 0.6) is 0 Å². The summed E-state index contributed by atoms with van der Waals surface area (Å²) in [7, 11) is 0. The number of amides is 1. The predicted octanol–water partition coefficient (Wildman–Crippen LogP) is 4.58. The van der Waals surface area contributed by atoms with E-state index in [2.05, 4.69) is 24.1 Å². The summed E-state index contributed by atoms with van der Waals surface area (Å²) < 4.78 is 0. The van der Waals surface area contributed by atoms with Gasteiger partial charge in [0.05, 0.1) is 10.7 Å². The summed E-state index contributed by atoms with van der Waals surface area (Å²) in [6, 6.07) is 5.14. The average molecular weight is 335 g/mol. The first-order chi connectivity index (χ1) is 10.9. The van der Waals surface area contributed by atoms with E-state index in [9.17, 15) is 9.59 Å². The van der Waals surface area contributed by atoms with Crippen molar-refractivity contribution in [2.45, 2.75) is 40.0 Å². The predicted molar refractivity (Wildman–Crippen MR) is 96.1 cm³/mol. The van der Waals surface area contributed by atoms with E-state index in [4.69, 9.17) is 11.6 Å². The molecule has 1 amide bonds. The standard InChI is InChI=1S/C18H23ClN2O2/c1-4-12(6-5-11(2)3)17(22)21-16-9-13-7-8-20-18(23)14(13)10-15(16)19/h7-12H,4-6H2,1-3H3,(H,20,23)(H,21,22)/t12-/m1/s1. The summed E-state index contributed by atoms with van der Waals surface area (Å²) in [6.45, 7) is 6.33. The van der Waals surface area contributed by atoms with Gasteiger partial charge in [0.25, 0.3) is 5.56 Å². The van der Waals surface area contributed by atoms with Gasteiger partial charge in [-0.25, -0.2) is 0 Å². The van der Waals surface area contributed by atoms with Gasteiger partial charge in [-0.1, -0.05) is 38.8 Å². The number of halogens is 1. The fourth-order valence-corrected chi connectivity index (χ4v) is 2.81. The number of H-pyrrole nitrogens is 1. The summed E-state index contributed by atoms with van der Waals surface area (Å²) in [4.78, 5) is 26.9. The first-order valence-electron chi connectivity index (χ1n) is 8.04. The van der Waals surface area contributed by atoms with Crippen LogP contribution in [0.1, 0.15) is 40.0 Å². The molecular weight excluding hydrogens is 312 g/mol. The van der Waals surface area contributed by atoms with Crippen molar-refractivity contribution >= 4 is 34.0 Å². The van der Waals surface area contributed by atoms with Gasteiger partial charge in [-0.05, 0) is 42.3 Å². The molecule has 0 aliphatic heterocycles. The number of hydrogen-bond donors (Lipinski definition) is 2. The second kappa shape index (κ2) is 7.64. The highest BCUT2D eigenvalue weighted by molar-refractivity contribution is 6.34. The quantitative estimate of drug-likeness (QED) is 0.812. The summed E-state index contributed by atoms with van der Waals surface area (Å²) in [5.41, 5.74) is 0.364. The van der Waals surface area contributed by atoms with Crippen molar-refractivity contribution in [2.75, 3.05) is 5.32 Å². The number of fused-ring (bicyclic) bond motifs is 1. The SMILES string of the molecule is CC[C@H](CCC(C)C)C(=O)Nc1cc2cc[nH]c(=O)c2cc1Cl. The average Bonchev–Trinajstić information content (AvgIpc) is 2.49. The maximum Gasteiger partial charge on any atom is 0.255 e. The molecule has 124 valence electrons. The van der Waals surface area contributed by atoms with Gasteiger partial charge in [-0.15, -0.1) is 0 Å². The number of rotatable bonds is 6. The number of benzene rings is 1. The number of hydrogen-bond acceptors (Lipinski definition) is 2. The molecule has 23 heavy (non-hydrogen) atoms. The van der Waals surface area contributed by atoms with Crippen LogP contribution in [0.25, 0.3) is 10.8 Å². The Bertz CT molecular complexity index is 752. The molecule has 0 radical (unpaired) electrons. The molecule has 0 saturated heterocycles. The molecule has 2 N–H and O–H groups in total. The third-order valence-electron chi connectivity index (χ3n) is 4.08. The van der Waals surface area contributed by atoms with Gasteiger partial charge in [-0.3, -0.25) is 9.59 Å². The molecule has 2 rings (SSSR count). The van der Waals surface area contributed by atoms with Gasteiger partial charge in [0.1, 0.15) is 0 Å². The Hall–Kier alpha value is -1.81. The number of pyridine rings is 1. The van der Waals surface area contributed by atoms with E-state index in [1.807, 2.05) is 6.92 Å². The van der Waals surface area contributed by atoms with E-state index in [1.54, 1.807) is 24.4 Å². The Balaban J connectivity index is 2.21. The van der Waals surface area contributed by atoms with E-state index < -0.39 is 0 Å². The van der Waals surface area contributed by atoms with Crippen LogP contribution in [0.4, 0.5) is 5.69 Å². The van der Waals surface area contributed by atoms with Crippen LogP contribution >= 0.6 is 11.6 Å². The van der Waals surface area contributed by atoms with Gasteiger partial charge in [0, 0.05) is 17.5 Å². The molecule has 0 unspecified atom stereocenters. The Kier molecular flexibility index (Phi) is 5.83. The van der Waals surface area contributed by atoms with E-state index in [0.29, 0.717) is 22.0 Å². The van der Waals surface area contributed by atoms with Crippen LogP contribution in [0.3, 0.4) is 0 Å². The van der Waals surface area contributed by atoms with Gasteiger partial charge in [0.2, 0.25) is 5.91 Å². The first kappa shape index (κ1) is 17.5. The summed E-state index contributed by atoms with van der Waals surface area (Å²) in [5, 5.41) is 4.56. The number of carbonyl (C=O) groups excluding carboxylic acids is 1. The maximum atomic E-state index is 12.5. The van der Waals surface area contributed by atoms with Crippen molar-refractivity contribution in [1.82, 2.24) is 4.98 Å². The van der Waals surface area contributed by atoms with Crippen LogP contribution in [-0.2, 0) is 4.79 Å². The summed E-state index contributed by atoms with van der Waals surface area (Å²) >= 11 is 6.23. The number of anilines is 1. The van der Waals surface area contributed by atoms with Crippen molar-refractivity contribution in [3.8, 4) is 0 Å². The lowest BCUT2D eigenvalue weighted by Gasteiger charge is -2.17. The zero-order valence-electron chi connectivity index (χ0n) is 13.8. The first-order valence-corrected chi connectivity index (χ1v) is 8.42. The fourth-order valence-electron chi connectivity index (χ4n) is 2.60. The molecule has 1 aromatic carbocycles. The maximum absolute atomic E-state index is 12.5. The third-order valence-corrected chi connectivity index (χ3v) is 4.39. The third kappa shape index (κ3) is 4.35. The smallest absolute Gasteiger partial charge is 0.255 e. The lowest BCUT2D eigenvalue weighted by molar-refractivity contribution is -0.120. The van der Waals surface area contributed by atoms with Crippen molar-refractivity contribution in [3.63, 3.8) is 0 Å². The van der Waals surface area contributed by atoms with Crippen LogP contribution in [0.2, 0.25) is 5.02 Å². The van der Waals surface area contributed by atoms with E-state index in [1.165, 1.54) is 0 Å². The van der Waals surface area contributed by atoms with Crippen molar-refractivity contribution in [3.05, 3.63) is 39.8 Å². The van der Waals surface area contributed by atoms with Crippen LogP contribution < -0.4 is 10.9 Å². The molecular formula is C18H23ClN2O2. The minimum atomic E-state index is -0.189. The molecule has 4 nitrogen and oxygen atoms in total. The largest absolute Gasteiger partial charge is 0.329 e. The normalized spacial score (nSPS) is 12.6. The molecule has 0 aliphatic carbocycles. The number of nitrogens with one attached hydrogen (secondary N) is 2. The molecule has 1 heterocycles. The lowest BCUT2D eigenvalue weighted by atomic mass is 9.95. The number of aromatic nitrogens is 1. The Morgan fingerprint density at radius 3 is 2.70 bits per heavy atom. The van der Waals surface area contributed by atoms with Crippen molar-refractivity contribution in [2.24, 2.45) is 11.8 Å². The molecule has 1 atom stereocenters. The zero-order chi connectivity index (χ0) is 17.0. The topological polar surface area (TPSA) is 62.0 Å². The van der Waals surface area contributed by atoms with Gasteiger partial charge in [-0.2, -0.15) is 0 Å². The zero-order valence-corrected chi connectivity index (χ0v) is 14.5. The summed E-state index contributed by atoms with van der Waals surface area (Å²) in [5.74, 6) is 0.537. The molecule has 1 aromatic heterocycles.